The van der Waals surface area contributed by atoms with Crippen LogP contribution in [-0.4, -0.2) is 37.7 Å². The fourth-order valence-corrected chi connectivity index (χ4v) is 2.09. The molecule has 2 amide bonds. The molecule has 0 unspecified atom stereocenters. The van der Waals surface area contributed by atoms with E-state index < -0.39 is 17.8 Å². The molecule has 0 bridgehead atoms. The Kier molecular flexibility index (Phi) is 8.04. The van der Waals surface area contributed by atoms with Crippen molar-refractivity contribution in [2.75, 3.05) is 26.8 Å². The largest absolute Gasteiger partial charge is 0.416 e. The van der Waals surface area contributed by atoms with E-state index in [1.54, 1.807) is 0 Å². The average Bonchev–Trinajstić information content (AvgIpc) is 2.49. The molecule has 0 spiro atoms. The minimum absolute atomic E-state index is 0.0721. The first kappa shape index (κ1) is 20.3. The summed E-state index contributed by atoms with van der Waals surface area (Å²) >= 11 is 0. The van der Waals surface area contributed by atoms with Crippen molar-refractivity contribution in [3.05, 3.63) is 35.4 Å². The van der Waals surface area contributed by atoms with Gasteiger partial charge in [-0.25, -0.2) is 4.79 Å². The number of hydrogen-bond donors (Lipinski definition) is 1. The third-order valence-corrected chi connectivity index (χ3v) is 3.27. The standard InChI is InChI=1S/C17H25F3N2O2/c1-13(2)12-24-10-6-9-21-16(23)22(3)11-14-7-4-5-8-15(14)17(18,19)20/h4-5,7-8,13H,6,9-12H2,1-3H3,(H,21,23). The first-order valence-electron chi connectivity index (χ1n) is 7.93. The number of amides is 2. The van der Waals surface area contributed by atoms with Crippen LogP contribution < -0.4 is 5.32 Å². The molecule has 1 aromatic rings. The van der Waals surface area contributed by atoms with Gasteiger partial charge in [0.05, 0.1) is 5.56 Å². The van der Waals surface area contributed by atoms with Crippen LogP contribution in [0.1, 0.15) is 31.4 Å². The van der Waals surface area contributed by atoms with Crippen LogP contribution >= 0.6 is 0 Å². The summed E-state index contributed by atoms with van der Waals surface area (Å²) < 4.78 is 44.2. The number of carbonyl (C=O) groups excluding carboxylic acids is 1. The maximum Gasteiger partial charge on any atom is 0.416 e. The summed E-state index contributed by atoms with van der Waals surface area (Å²) in [5.41, 5.74) is -0.644. The van der Waals surface area contributed by atoms with E-state index in [-0.39, 0.29) is 12.1 Å². The van der Waals surface area contributed by atoms with Crippen LogP contribution in [0.15, 0.2) is 24.3 Å². The van der Waals surface area contributed by atoms with Gasteiger partial charge in [-0.2, -0.15) is 13.2 Å². The fraction of sp³-hybridized carbons (Fsp3) is 0.588. The normalized spacial score (nSPS) is 11.6. The first-order valence-corrected chi connectivity index (χ1v) is 7.93. The summed E-state index contributed by atoms with van der Waals surface area (Å²) in [6.07, 6.45) is -3.77. The lowest BCUT2D eigenvalue weighted by molar-refractivity contribution is -0.138. The van der Waals surface area contributed by atoms with Crippen molar-refractivity contribution in [1.29, 1.82) is 0 Å². The molecule has 0 aromatic heterocycles. The number of urea groups is 1. The van der Waals surface area contributed by atoms with E-state index in [0.29, 0.717) is 32.1 Å². The highest BCUT2D eigenvalue weighted by Gasteiger charge is 2.33. The number of rotatable bonds is 8. The predicted molar refractivity (Wildman–Crippen MR) is 86.6 cm³/mol. The lowest BCUT2D eigenvalue weighted by Gasteiger charge is -2.20. The van der Waals surface area contributed by atoms with Gasteiger partial charge in [-0.1, -0.05) is 32.0 Å². The molecule has 1 rings (SSSR count). The molecule has 0 heterocycles. The summed E-state index contributed by atoms with van der Waals surface area (Å²) in [5.74, 6) is 0.458. The average molecular weight is 346 g/mol. The van der Waals surface area contributed by atoms with Crippen LogP contribution in [0.4, 0.5) is 18.0 Å². The summed E-state index contributed by atoms with van der Waals surface area (Å²) in [7, 11) is 1.47. The van der Waals surface area contributed by atoms with Gasteiger partial charge in [-0.15, -0.1) is 0 Å². The van der Waals surface area contributed by atoms with E-state index in [1.165, 1.54) is 30.1 Å². The molecule has 0 aliphatic carbocycles. The Morgan fingerprint density at radius 1 is 1.29 bits per heavy atom. The minimum atomic E-state index is -4.43. The van der Waals surface area contributed by atoms with E-state index in [4.69, 9.17) is 4.74 Å². The Bertz CT molecular complexity index is 519. The van der Waals surface area contributed by atoms with E-state index in [0.717, 1.165) is 6.07 Å². The Morgan fingerprint density at radius 2 is 1.96 bits per heavy atom. The maximum absolute atomic E-state index is 12.9. The van der Waals surface area contributed by atoms with Crippen LogP contribution in [0.5, 0.6) is 0 Å². The van der Waals surface area contributed by atoms with Crippen molar-refractivity contribution >= 4 is 6.03 Å². The van der Waals surface area contributed by atoms with Gasteiger partial charge < -0.3 is 15.0 Å². The zero-order valence-corrected chi connectivity index (χ0v) is 14.3. The number of nitrogens with one attached hydrogen (secondary N) is 1. The van der Waals surface area contributed by atoms with E-state index in [1.807, 2.05) is 0 Å². The van der Waals surface area contributed by atoms with Gasteiger partial charge in [-0.3, -0.25) is 0 Å². The Morgan fingerprint density at radius 3 is 2.58 bits per heavy atom. The van der Waals surface area contributed by atoms with Crippen LogP contribution in [-0.2, 0) is 17.5 Å². The molecule has 7 heteroatoms. The van der Waals surface area contributed by atoms with Crippen molar-refractivity contribution in [3.8, 4) is 0 Å². The Balaban J connectivity index is 2.42. The zero-order chi connectivity index (χ0) is 18.2. The molecule has 24 heavy (non-hydrogen) atoms. The molecule has 0 saturated heterocycles. The number of ether oxygens (including phenoxy) is 1. The zero-order valence-electron chi connectivity index (χ0n) is 14.3. The second-order valence-corrected chi connectivity index (χ2v) is 6.07. The highest BCUT2D eigenvalue weighted by atomic mass is 19.4. The number of alkyl halides is 3. The smallest absolute Gasteiger partial charge is 0.381 e. The maximum atomic E-state index is 12.9. The van der Waals surface area contributed by atoms with Crippen molar-refractivity contribution in [1.82, 2.24) is 10.2 Å². The van der Waals surface area contributed by atoms with E-state index >= 15 is 0 Å². The highest BCUT2D eigenvalue weighted by Crippen LogP contribution is 2.32. The monoisotopic (exact) mass is 346 g/mol. The van der Waals surface area contributed by atoms with Crippen LogP contribution in [0, 0.1) is 5.92 Å². The third-order valence-electron chi connectivity index (χ3n) is 3.27. The molecule has 136 valence electrons. The molecule has 0 saturated carbocycles. The van der Waals surface area contributed by atoms with Gasteiger partial charge in [0.25, 0.3) is 0 Å². The predicted octanol–water partition coefficient (Wildman–Crippen LogP) is 3.91. The van der Waals surface area contributed by atoms with Crippen LogP contribution in [0.25, 0.3) is 0 Å². The lowest BCUT2D eigenvalue weighted by atomic mass is 10.1. The third kappa shape index (κ3) is 7.21. The number of hydrogen-bond acceptors (Lipinski definition) is 2. The topological polar surface area (TPSA) is 41.6 Å². The van der Waals surface area contributed by atoms with Crippen LogP contribution in [0.2, 0.25) is 0 Å². The number of nitrogens with zero attached hydrogens (tertiary/aromatic N) is 1. The van der Waals surface area contributed by atoms with Gasteiger partial charge >= 0.3 is 12.2 Å². The van der Waals surface area contributed by atoms with Crippen molar-refractivity contribution < 1.29 is 22.7 Å². The fourth-order valence-electron chi connectivity index (χ4n) is 2.09. The molecule has 1 aromatic carbocycles. The summed E-state index contributed by atoms with van der Waals surface area (Å²) in [6.45, 7) is 5.62. The molecular formula is C17H25F3N2O2. The number of halogens is 3. The molecule has 1 N–H and O–H groups in total. The SMILES string of the molecule is CC(C)COCCCNC(=O)N(C)Cc1ccccc1C(F)(F)F. The van der Waals surface area contributed by atoms with Gasteiger partial charge in [-0.05, 0) is 24.0 Å². The number of carbonyl (C=O) groups is 1. The van der Waals surface area contributed by atoms with Crippen molar-refractivity contribution in [3.63, 3.8) is 0 Å². The summed E-state index contributed by atoms with van der Waals surface area (Å²) in [6, 6.07) is 4.86. The van der Waals surface area contributed by atoms with Gasteiger partial charge in [0.1, 0.15) is 0 Å². The molecule has 0 aliphatic rings. The summed E-state index contributed by atoms with van der Waals surface area (Å²) in [4.78, 5) is 13.2. The molecule has 0 radical (unpaired) electrons. The van der Waals surface area contributed by atoms with Gasteiger partial charge in [0.15, 0.2) is 0 Å². The molecule has 0 atom stereocenters. The van der Waals surface area contributed by atoms with E-state index in [9.17, 15) is 18.0 Å². The van der Waals surface area contributed by atoms with Gasteiger partial charge in [0, 0.05) is 33.4 Å². The van der Waals surface area contributed by atoms with Crippen LogP contribution in [0.3, 0.4) is 0 Å². The first-order chi connectivity index (χ1) is 11.2. The quantitative estimate of drug-likeness (QED) is 0.725. The second-order valence-electron chi connectivity index (χ2n) is 6.07. The second kappa shape index (κ2) is 9.52. The van der Waals surface area contributed by atoms with Crippen molar-refractivity contribution in [2.24, 2.45) is 5.92 Å². The number of benzene rings is 1. The van der Waals surface area contributed by atoms with Gasteiger partial charge in [0.2, 0.25) is 0 Å². The molecular weight excluding hydrogens is 321 g/mol. The Hall–Kier alpha value is -1.76. The van der Waals surface area contributed by atoms with Crippen molar-refractivity contribution in [2.45, 2.75) is 33.0 Å². The summed E-state index contributed by atoms with van der Waals surface area (Å²) in [5, 5.41) is 2.67. The lowest BCUT2D eigenvalue weighted by Crippen LogP contribution is -2.38. The molecule has 0 fully saturated rings. The molecule has 4 nitrogen and oxygen atoms in total. The Labute approximate surface area is 141 Å². The molecule has 0 aliphatic heterocycles. The van der Waals surface area contributed by atoms with E-state index in [2.05, 4.69) is 19.2 Å². The highest BCUT2D eigenvalue weighted by molar-refractivity contribution is 5.73. The minimum Gasteiger partial charge on any atom is -0.381 e.